The van der Waals surface area contributed by atoms with Crippen LogP contribution >= 0.6 is 23.2 Å². The maximum atomic E-state index is 13.8. The molecule has 0 heterocycles. The van der Waals surface area contributed by atoms with E-state index in [4.69, 9.17) is 27.9 Å². The smallest absolute Gasteiger partial charge is 0.244 e. The number of halogens is 2. The van der Waals surface area contributed by atoms with Gasteiger partial charge in [0.25, 0.3) is 0 Å². The number of nitrogens with zero attached hydrogens (tertiary/aromatic N) is 2. The van der Waals surface area contributed by atoms with E-state index >= 15 is 0 Å². The lowest BCUT2D eigenvalue weighted by Crippen LogP contribution is -2.52. The van der Waals surface area contributed by atoms with Gasteiger partial charge in [0.15, 0.2) is 0 Å². The predicted molar refractivity (Wildman–Crippen MR) is 164 cm³/mol. The van der Waals surface area contributed by atoms with Gasteiger partial charge >= 0.3 is 0 Å². The maximum absolute atomic E-state index is 13.8. The molecule has 0 aliphatic rings. The highest BCUT2D eigenvalue weighted by molar-refractivity contribution is 7.92. The molecule has 11 heteroatoms. The molecule has 0 radical (unpaired) electrons. The van der Waals surface area contributed by atoms with Crippen LogP contribution in [0.3, 0.4) is 0 Å². The van der Waals surface area contributed by atoms with Gasteiger partial charge in [0, 0.05) is 23.1 Å². The largest absolute Gasteiger partial charge is 0.489 e. The minimum absolute atomic E-state index is 0.00322. The Morgan fingerprint density at radius 3 is 2.24 bits per heavy atom. The lowest BCUT2D eigenvalue weighted by Gasteiger charge is -2.33. The summed E-state index contributed by atoms with van der Waals surface area (Å²) in [7, 11) is -3.87. The third kappa shape index (κ3) is 9.38. The number of carbonyl (C=O) groups is 2. The molecule has 1 N–H and O–H groups in total. The summed E-state index contributed by atoms with van der Waals surface area (Å²) in [6.45, 7) is 4.02. The molecule has 3 aromatic rings. The molecule has 0 saturated heterocycles. The number of amides is 2. The van der Waals surface area contributed by atoms with E-state index in [1.165, 1.54) is 4.90 Å². The number of benzene rings is 3. The summed E-state index contributed by atoms with van der Waals surface area (Å²) in [6, 6.07) is 20.2. The standard InChI is InChI=1S/C30H35Cl2N3O5S/c1-4-17-33-30(37)28(5-2)34(19-23-11-12-24(31)18-27(23)32)29(36)20-35(41(3,38)39)25-13-15-26(16-14-25)40-21-22-9-7-6-8-10-22/h6-16,18,28H,4-5,17,19-21H2,1-3H3,(H,33,37)/t28-/m1/s1. The highest BCUT2D eigenvalue weighted by atomic mass is 35.5. The van der Waals surface area contributed by atoms with Crippen molar-refractivity contribution in [2.45, 2.75) is 45.9 Å². The Balaban J connectivity index is 1.86. The van der Waals surface area contributed by atoms with Gasteiger partial charge in [-0.3, -0.25) is 13.9 Å². The Labute approximate surface area is 252 Å². The highest BCUT2D eigenvalue weighted by Gasteiger charge is 2.32. The molecular weight excluding hydrogens is 585 g/mol. The summed E-state index contributed by atoms with van der Waals surface area (Å²) in [5.74, 6) is -0.321. The van der Waals surface area contributed by atoms with Crippen molar-refractivity contribution in [1.82, 2.24) is 10.2 Å². The van der Waals surface area contributed by atoms with Gasteiger partial charge in [0.05, 0.1) is 11.9 Å². The van der Waals surface area contributed by atoms with Gasteiger partial charge in [0.2, 0.25) is 21.8 Å². The van der Waals surface area contributed by atoms with E-state index in [-0.39, 0.29) is 12.5 Å². The predicted octanol–water partition coefficient (Wildman–Crippen LogP) is 5.67. The van der Waals surface area contributed by atoms with E-state index in [9.17, 15) is 18.0 Å². The van der Waals surface area contributed by atoms with E-state index in [1.807, 2.05) is 37.3 Å². The summed E-state index contributed by atoms with van der Waals surface area (Å²) in [5, 5.41) is 3.61. The topological polar surface area (TPSA) is 96.0 Å². The van der Waals surface area contributed by atoms with Gasteiger partial charge in [-0.1, -0.05) is 73.4 Å². The normalized spacial score (nSPS) is 11.9. The molecule has 41 heavy (non-hydrogen) atoms. The first kappa shape index (κ1) is 32.2. The molecule has 0 unspecified atom stereocenters. The molecule has 0 aliphatic carbocycles. The second kappa shape index (κ2) is 15.1. The Hall–Kier alpha value is -3.27. The monoisotopic (exact) mass is 619 g/mol. The first-order valence-electron chi connectivity index (χ1n) is 13.3. The van der Waals surface area contributed by atoms with E-state index in [2.05, 4.69) is 5.32 Å². The number of nitrogens with one attached hydrogen (secondary N) is 1. The van der Waals surface area contributed by atoms with Gasteiger partial charge < -0.3 is 15.0 Å². The number of hydrogen-bond donors (Lipinski definition) is 1. The maximum Gasteiger partial charge on any atom is 0.244 e. The number of sulfonamides is 1. The van der Waals surface area contributed by atoms with Crippen molar-refractivity contribution >= 4 is 50.7 Å². The molecule has 3 aromatic carbocycles. The summed E-state index contributed by atoms with van der Waals surface area (Å²) in [4.78, 5) is 28.2. The van der Waals surface area contributed by atoms with Crippen LogP contribution in [-0.2, 0) is 32.8 Å². The molecule has 0 fully saturated rings. The summed E-state index contributed by atoms with van der Waals surface area (Å²) < 4.78 is 32.5. The molecule has 2 amide bonds. The zero-order valence-corrected chi connectivity index (χ0v) is 25.7. The molecule has 220 valence electrons. The van der Waals surface area contributed by atoms with Crippen molar-refractivity contribution in [2.24, 2.45) is 0 Å². The zero-order chi connectivity index (χ0) is 30.0. The van der Waals surface area contributed by atoms with Crippen molar-refractivity contribution in [3.05, 3.63) is 94.0 Å². The molecule has 0 aliphatic heterocycles. The van der Waals surface area contributed by atoms with Crippen LogP contribution in [0.1, 0.15) is 37.8 Å². The van der Waals surface area contributed by atoms with Crippen LogP contribution < -0.4 is 14.4 Å². The molecule has 0 aromatic heterocycles. The van der Waals surface area contributed by atoms with Gasteiger partial charge in [-0.15, -0.1) is 0 Å². The molecule has 8 nitrogen and oxygen atoms in total. The molecule has 0 bridgehead atoms. The highest BCUT2D eigenvalue weighted by Crippen LogP contribution is 2.26. The third-order valence-electron chi connectivity index (χ3n) is 6.34. The van der Waals surface area contributed by atoms with Crippen LogP contribution in [0.5, 0.6) is 5.75 Å². The Bertz CT molecular complexity index is 1420. The second-order valence-corrected chi connectivity index (χ2v) is 12.3. The number of ether oxygens (including phenoxy) is 1. The molecule has 0 spiro atoms. The first-order chi connectivity index (χ1) is 19.5. The van der Waals surface area contributed by atoms with Gasteiger partial charge in [-0.2, -0.15) is 0 Å². The number of rotatable bonds is 14. The Morgan fingerprint density at radius 2 is 1.66 bits per heavy atom. The number of carbonyl (C=O) groups excluding carboxylic acids is 2. The SMILES string of the molecule is CCCNC(=O)[C@@H](CC)N(Cc1ccc(Cl)cc1Cl)C(=O)CN(c1ccc(OCc2ccccc2)cc1)S(C)(=O)=O. The van der Waals surface area contributed by atoms with Crippen LogP contribution in [0.25, 0.3) is 0 Å². The lowest BCUT2D eigenvalue weighted by atomic mass is 10.1. The minimum Gasteiger partial charge on any atom is -0.489 e. The van der Waals surface area contributed by atoms with Gasteiger partial charge in [0.1, 0.15) is 24.9 Å². The van der Waals surface area contributed by atoms with Crippen LogP contribution in [0, 0.1) is 0 Å². The zero-order valence-electron chi connectivity index (χ0n) is 23.3. The minimum atomic E-state index is -3.87. The first-order valence-corrected chi connectivity index (χ1v) is 15.9. The fourth-order valence-electron chi connectivity index (χ4n) is 4.18. The molecule has 0 saturated carbocycles. The van der Waals surface area contributed by atoms with Gasteiger partial charge in [-0.05, 0) is 60.4 Å². The summed E-state index contributed by atoms with van der Waals surface area (Å²) in [5.41, 5.74) is 1.87. The summed E-state index contributed by atoms with van der Waals surface area (Å²) >= 11 is 12.5. The quantitative estimate of drug-likeness (QED) is 0.251. The van der Waals surface area contributed by atoms with Crippen LogP contribution in [0.2, 0.25) is 10.0 Å². The Kier molecular flexibility index (Phi) is 11.9. The lowest BCUT2D eigenvalue weighted by molar-refractivity contribution is -0.140. The van der Waals surface area contributed by atoms with Crippen molar-refractivity contribution in [2.75, 3.05) is 23.7 Å². The van der Waals surface area contributed by atoms with Crippen LogP contribution in [-0.4, -0.2) is 50.5 Å². The molecule has 1 atom stereocenters. The van der Waals surface area contributed by atoms with Crippen LogP contribution in [0.15, 0.2) is 72.8 Å². The molecular formula is C30H35Cl2N3O5S. The Morgan fingerprint density at radius 1 is 0.976 bits per heavy atom. The summed E-state index contributed by atoms with van der Waals surface area (Å²) in [6.07, 6.45) is 2.08. The van der Waals surface area contributed by atoms with E-state index in [0.717, 1.165) is 22.5 Å². The number of hydrogen-bond acceptors (Lipinski definition) is 5. The molecule has 3 rings (SSSR count). The van der Waals surface area contributed by atoms with E-state index in [0.29, 0.717) is 46.6 Å². The fraction of sp³-hybridized carbons (Fsp3) is 0.333. The average Bonchev–Trinajstić information content (AvgIpc) is 2.95. The van der Waals surface area contributed by atoms with Crippen molar-refractivity contribution in [1.29, 1.82) is 0 Å². The number of anilines is 1. The van der Waals surface area contributed by atoms with Crippen molar-refractivity contribution < 1.29 is 22.7 Å². The fourth-order valence-corrected chi connectivity index (χ4v) is 5.50. The van der Waals surface area contributed by atoms with Crippen molar-refractivity contribution in [3.8, 4) is 5.75 Å². The van der Waals surface area contributed by atoms with Crippen molar-refractivity contribution in [3.63, 3.8) is 0 Å². The van der Waals surface area contributed by atoms with E-state index < -0.39 is 28.5 Å². The van der Waals surface area contributed by atoms with Gasteiger partial charge in [-0.25, -0.2) is 8.42 Å². The van der Waals surface area contributed by atoms with Crippen LogP contribution in [0.4, 0.5) is 5.69 Å². The van der Waals surface area contributed by atoms with E-state index in [1.54, 1.807) is 49.4 Å². The average molecular weight is 621 g/mol. The third-order valence-corrected chi connectivity index (χ3v) is 8.07. The second-order valence-electron chi connectivity index (χ2n) is 9.51.